The van der Waals surface area contributed by atoms with Crippen LogP contribution in [0.25, 0.3) is 56.0 Å². The third-order valence-corrected chi connectivity index (χ3v) is 14.3. The first-order valence-electron chi connectivity index (χ1n) is 27.5. The normalized spacial score (nSPS) is 11.2. The Bertz CT molecular complexity index is 4190. The van der Waals surface area contributed by atoms with E-state index in [1.807, 2.05) is 82.2 Å². The van der Waals surface area contributed by atoms with Gasteiger partial charge in [-0.3, -0.25) is 0 Å². The first kappa shape index (κ1) is 58.9. The molecule has 0 aliphatic heterocycles. The minimum Gasteiger partial charge on any atom is -0.478 e. The summed E-state index contributed by atoms with van der Waals surface area (Å²) in [6.07, 6.45) is 7.05. The van der Waals surface area contributed by atoms with Crippen molar-refractivity contribution in [2.24, 2.45) is 0 Å². The van der Waals surface area contributed by atoms with Gasteiger partial charge in [-0.1, -0.05) is 48.5 Å². The second kappa shape index (κ2) is 26.6. The molecule has 0 bridgehead atoms. The first-order chi connectivity index (χ1) is 42.8. The Balaban J connectivity index is 0.000000182. The van der Waals surface area contributed by atoms with E-state index in [1.54, 1.807) is 84.5 Å². The van der Waals surface area contributed by atoms with Crippen molar-refractivity contribution >= 4 is 34.0 Å². The van der Waals surface area contributed by atoms with Crippen molar-refractivity contribution in [2.45, 2.75) is 39.1 Å². The molecule has 12 rings (SSSR count). The molecule has 18 nitrogen and oxygen atoms in total. The van der Waals surface area contributed by atoms with Gasteiger partial charge in [0.05, 0.1) is 81.8 Å². The van der Waals surface area contributed by atoms with E-state index < -0.39 is 35.2 Å². The highest BCUT2D eigenvalue weighted by molar-refractivity contribution is 5.93. The molecule has 0 unspecified atom stereocenters. The number of carboxylic acid groups (broad SMARTS) is 2. The quantitative estimate of drug-likeness (QED) is 0.0605. The van der Waals surface area contributed by atoms with Crippen LogP contribution in [0.5, 0.6) is 11.8 Å². The second-order valence-corrected chi connectivity index (χ2v) is 20.1. The molecule has 6 heterocycles. The fourth-order valence-corrected chi connectivity index (χ4v) is 9.87. The van der Waals surface area contributed by atoms with Crippen LogP contribution in [0.3, 0.4) is 0 Å². The molecule has 6 aromatic heterocycles. The summed E-state index contributed by atoms with van der Waals surface area (Å²) in [6.45, 7) is 1.65. The van der Waals surface area contributed by atoms with Crippen molar-refractivity contribution in [3.63, 3.8) is 0 Å². The van der Waals surface area contributed by atoms with E-state index in [0.717, 1.165) is 35.6 Å². The Kier molecular flexibility index (Phi) is 17.8. The summed E-state index contributed by atoms with van der Waals surface area (Å²) < 4.78 is 91.1. The number of benzene rings is 6. The zero-order chi connectivity index (χ0) is 61.3. The van der Waals surface area contributed by atoms with E-state index in [9.17, 15) is 19.8 Å². The number of carboxylic acids is 2. The number of ether oxygens (including phenoxy) is 4. The summed E-state index contributed by atoms with van der Waals surface area (Å²) in [7, 11) is 3.09. The van der Waals surface area contributed by atoms with Gasteiger partial charge in [0.15, 0.2) is 0 Å². The monoisotopic (exact) mass is 1190 g/mol. The Labute approximate surface area is 500 Å². The van der Waals surface area contributed by atoms with E-state index in [1.165, 1.54) is 24.3 Å². The topological polar surface area (TPSA) is 209 Å². The largest absolute Gasteiger partial charge is 0.478 e. The third kappa shape index (κ3) is 13.5. The second-order valence-electron chi connectivity index (χ2n) is 20.1. The SMILES string of the molecule is COCCn1c(Cc2cc(F)c(-c3cccc(OCc4cn(-c5ccccc5)cn4)n3)cc2F)nc2ccc(C(=O)O)cc21.COCCn1c(Cc2cc(F)c(-c3cccc(OCc4cn(-c5ccccc5)cn4)n3)cc2F)nc2ccc(C(=O)O)cc21. The lowest BCUT2D eigenvalue weighted by Gasteiger charge is -2.11. The minimum absolute atomic E-state index is 0.0101. The van der Waals surface area contributed by atoms with E-state index in [4.69, 9.17) is 18.9 Å². The van der Waals surface area contributed by atoms with Crippen LogP contribution in [-0.4, -0.2) is 97.8 Å². The van der Waals surface area contributed by atoms with Crippen LogP contribution in [0.15, 0.2) is 183 Å². The molecule has 444 valence electrons. The Morgan fingerprint density at radius 2 is 0.898 bits per heavy atom. The van der Waals surface area contributed by atoms with Crippen LogP contribution >= 0.6 is 0 Å². The molecule has 0 radical (unpaired) electrons. The number of rotatable bonds is 22. The summed E-state index contributed by atoms with van der Waals surface area (Å²) in [5.41, 5.74) is 6.34. The number of fused-ring (bicyclic) bond motifs is 2. The van der Waals surface area contributed by atoms with Crippen LogP contribution in [0.1, 0.15) is 54.9 Å². The average Bonchev–Trinajstić information content (AvgIpc) is 2.09. The molecule has 6 aromatic carbocycles. The van der Waals surface area contributed by atoms with Crippen molar-refractivity contribution in [3.05, 3.63) is 251 Å². The number of imidazole rings is 4. The third-order valence-electron chi connectivity index (χ3n) is 14.3. The minimum atomic E-state index is -1.07. The molecule has 0 atom stereocenters. The van der Waals surface area contributed by atoms with Gasteiger partial charge >= 0.3 is 11.9 Å². The molecule has 0 spiro atoms. The van der Waals surface area contributed by atoms with E-state index in [2.05, 4.69) is 29.9 Å². The number of pyridine rings is 2. The summed E-state index contributed by atoms with van der Waals surface area (Å²) >= 11 is 0. The van der Waals surface area contributed by atoms with Gasteiger partial charge in [0, 0.05) is 87.2 Å². The molecule has 0 aliphatic carbocycles. The first-order valence-corrected chi connectivity index (χ1v) is 27.5. The van der Waals surface area contributed by atoms with Crippen LogP contribution in [-0.2, 0) is 48.6 Å². The molecule has 88 heavy (non-hydrogen) atoms. The number of methoxy groups -OCH3 is 2. The molecule has 0 saturated carbocycles. The van der Waals surface area contributed by atoms with Gasteiger partial charge in [0.25, 0.3) is 0 Å². The van der Waals surface area contributed by atoms with Crippen LogP contribution < -0.4 is 9.47 Å². The Morgan fingerprint density at radius 1 is 0.477 bits per heavy atom. The molecule has 0 aliphatic rings. The van der Waals surface area contributed by atoms with Gasteiger partial charge in [-0.05, 0) is 108 Å². The van der Waals surface area contributed by atoms with Gasteiger partial charge in [0.2, 0.25) is 11.8 Å². The zero-order valence-corrected chi connectivity index (χ0v) is 47.3. The smallest absolute Gasteiger partial charge is 0.335 e. The fourth-order valence-electron chi connectivity index (χ4n) is 9.87. The Hall–Kier alpha value is -10.8. The summed E-state index contributed by atoms with van der Waals surface area (Å²) in [4.78, 5) is 49.7. The lowest BCUT2D eigenvalue weighted by molar-refractivity contribution is 0.0686. The number of carbonyl (C=O) groups is 2. The van der Waals surface area contributed by atoms with Gasteiger partial charge in [-0.25, -0.2) is 57.1 Å². The number of aromatic carboxylic acids is 2. The van der Waals surface area contributed by atoms with Crippen molar-refractivity contribution in [2.75, 3.05) is 27.4 Å². The lowest BCUT2D eigenvalue weighted by atomic mass is 10.0. The maximum absolute atomic E-state index is 15.4. The van der Waals surface area contributed by atoms with Gasteiger partial charge in [0.1, 0.15) is 48.1 Å². The predicted molar refractivity (Wildman–Crippen MR) is 318 cm³/mol. The van der Waals surface area contributed by atoms with Crippen LogP contribution in [0.4, 0.5) is 17.6 Å². The maximum Gasteiger partial charge on any atom is 0.335 e. The van der Waals surface area contributed by atoms with Crippen LogP contribution in [0.2, 0.25) is 0 Å². The molecule has 0 amide bonds. The van der Waals surface area contributed by atoms with Gasteiger partial charge in [-0.15, -0.1) is 0 Å². The van der Waals surface area contributed by atoms with E-state index >= 15 is 17.6 Å². The maximum atomic E-state index is 15.4. The number of hydrogen-bond acceptors (Lipinski definition) is 12. The molecular weight excluding hydrogens is 1140 g/mol. The summed E-state index contributed by atoms with van der Waals surface area (Å²) in [6, 6.07) is 42.9. The zero-order valence-electron chi connectivity index (χ0n) is 47.3. The van der Waals surface area contributed by atoms with Gasteiger partial charge < -0.3 is 47.4 Å². The predicted octanol–water partition coefficient (Wildman–Crippen LogP) is 12.2. The van der Waals surface area contributed by atoms with E-state index in [-0.39, 0.29) is 82.6 Å². The Morgan fingerprint density at radius 3 is 1.30 bits per heavy atom. The molecule has 2 N–H and O–H groups in total. The molecular formula is C66H54F4N10O8. The van der Waals surface area contributed by atoms with Crippen molar-refractivity contribution in [1.29, 1.82) is 0 Å². The molecule has 0 saturated heterocycles. The summed E-state index contributed by atoms with van der Waals surface area (Å²) in [5.74, 6) is -3.31. The van der Waals surface area contributed by atoms with Crippen molar-refractivity contribution < 1.29 is 56.3 Å². The number of halogens is 4. The highest BCUT2D eigenvalue weighted by atomic mass is 19.1. The number of para-hydroxylation sites is 2. The number of nitrogens with zero attached hydrogens (tertiary/aromatic N) is 10. The average molecular weight is 1190 g/mol. The highest BCUT2D eigenvalue weighted by Crippen LogP contribution is 2.31. The van der Waals surface area contributed by atoms with Gasteiger partial charge in [-0.2, -0.15) is 0 Å². The number of hydrogen-bond donors (Lipinski definition) is 2. The molecule has 12 aromatic rings. The molecule has 22 heteroatoms. The lowest BCUT2D eigenvalue weighted by Crippen LogP contribution is -2.10. The fraction of sp³-hybridized carbons (Fsp3) is 0.152. The van der Waals surface area contributed by atoms with Crippen molar-refractivity contribution in [3.8, 4) is 45.6 Å². The molecule has 0 fully saturated rings. The highest BCUT2D eigenvalue weighted by Gasteiger charge is 2.21. The number of aromatic nitrogens is 10. The van der Waals surface area contributed by atoms with Crippen molar-refractivity contribution in [1.82, 2.24) is 48.2 Å². The van der Waals surface area contributed by atoms with E-state index in [0.29, 0.717) is 71.4 Å². The standard InChI is InChI=1S/2C33H27F2N5O4/c2*1-43-13-12-40-30-15-21(33(41)42)10-11-29(30)37-31(40)16-22-14-27(35)25(17-26(22)34)28-8-5-9-32(38-28)44-19-23-18-39(20-36-23)24-6-3-2-4-7-24/h2*2-11,14-15,17-18,20H,12-13,16,19H2,1H3,(H,41,42). The van der Waals surface area contributed by atoms with Crippen LogP contribution in [0, 0.1) is 23.3 Å². The summed E-state index contributed by atoms with van der Waals surface area (Å²) in [5, 5.41) is 18.8.